The van der Waals surface area contributed by atoms with Crippen molar-refractivity contribution in [3.63, 3.8) is 0 Å². The van der Waals surface area contributed by atoms with Crippen molar-refractivity contribution in [1.29, 1.82) is 0 Å². The van der Waals surface area contributed by atoms with Gasteiger partial charge in [-0.1, -0.05) is 47.0 Å². The van der Waals surface area contributed by atoms with E-state index in [0.717, 1.165) is 11.1 Å². The second-order valence-electron chi connectivity index (χ2n) is 5.02. The highest BCUT2D eigenvalue weighted by Gasteiger charge is 2.04. The summed E-state index contributed by atoms with van der Waals surface area (Å²) in [5.41, 5.74) is 5.17. The molecule has 0 saturated carbocycles. The van der Waals surface area contributed by atoms with Crippen LogP contribution in [0, 0.1) is 13.8 Å². The van der Waals surface area contributed by atoms with Gasteiger partial charge in [0.05, 0.1) is 11.2 Å². The second kappa shape index (κ2) is 7.99. The van der Waals surface area contributed by atoms with Gasteiger partial charge < -0.3 is 4.74 Å². The van der Waals surface area contributed by atoms with Gasteiger partial charge in [0.2, 0.25) is 0 Å². The molecule has 0 atom stereocenters. The number of hydrogen-bond acceptors (Lipinski definition) is 3. The Kier molecular flexibility index (Phi) is 6.02. The molecule has 23 heavy (non-hydrogen) atoms. The fraction of sp³-hybridized carbons (Fsp3) is 0.176. The van der Waals surface area contributed by atoms with Gasteiger partial charge in [-0.3, -0.25) is 4.79 Å². The number of rotatable bonds is 5. The normalized spacial score (nSPS) is 10.8. The van der Waals surface area contributed by atoms with Gasteiger partial charge in [-0.15, -0.1) is 0 Å². The number of hydrogen-bond donors (Lipinski definition) is 1. The Labute approximate surface area is 145 Å². The van der Waals surface area contributed by atoms with Crippen LogP contribution in [0.3, 0.4) is 0 Å². The Morgan fingerprint density at radius 1 is 1.22 bits per heavy atom. The number of nitrogens with zero attached hydrogens (tertiary/aromatic N) is 1. The lowest BCUT2D eigenvalue weighted by atomic mass is 10.1. The first-order valence-electron chi connectivity index (χ1n) is 6.92. The third-order valence-electron chi connectivity index (χ3n) is 3.04. The molecule has 1 N–H and O–H groups in total. The SMILES string of the molecule is Cc1ccc(OCC(=O)NN=Cc2ccc(Cl)cc2Cl)c(C)c1. The molecule has 0 aliphatic rings. The van der Waals surface area contributed by atoms with Crippen LogP contribution in [0.1, 0.15) is 16.7 Å². The first kappa shape index (κ1) is 17.3. The summed E-state index contributed by atoms with van der Waals surface area (Å²) in [7, 11) is 0. The highest BCUT2D eigenvalue weighted by molar-refractivity contribution is 6.36. The van der Waals surface area contributed by atoms with Crippen molar-refractivity contribution < 1.29 is 9.53 Å². The molecule has 0 aromatic heterocycles. The summed E-state index contributed by atoms with van der Waals surface area (Å²) in [6.45, 7) is 3.82. The van der Waals surface area contributed by atoms with Crippen LogP contribution in [0.2, 0.25) is 10.0 Å². The zero-order valence-electron chi connectivity index (χ0n) is 12.8. The number of hydrazone groups is 1. The van der Waals surface area contributed by atoms with Gasteiger partial charge in [0.25, 0.3) is 5.91 Å². The molecular formula is C17H16Cl2N2O2. The van der Waals surface area contributed by atoms with Crippen LogP contribution in [0.4, 0.5) is 0 Å². The fourth-order valence-electron chi connectivity index (χ4n) is 1.92. The highest BCUT2D eigenvalue weighted by atomic mass is 35.5. The molecule has 0 spiro atoms. The van der Waals surface area contributed by atoms with Crippen molar-refractivity contribution in [3.05, 3.63) is 63.1 Å². The third kappa shape index (κ3) is 5.27. The summed E-state index contributed by atoms with van der Waals surface area (Å²) in [4.78, 5) is 11.7. The minimum Gasteiger partial charge on any atom is -0.483 e. The van der Waals surface area contributed by atoms with Gasteiger partial charge in [0.15, 0.2) is 6.61 Å². The lowest BCUT2D eigenvalue weighted by Gasteiger charge is -2.08. The molecule has 120 valence electrons. The Balaban J connectivity index is 1.86. The van der Waals surface area contributed by atoms with E-state index in [9.17, 15) is 4.79 Å². The zero-order valence-corrected chi connectivity index (χ0v) is 14.3. The number of amides is 1. The Morgan fingerprint density at radius 2 is 2.00 bits per heavy atom. The molecule has 0 fully saturated rings. The lowest BCUT2D eigenvalue weighted by Crippen LogP contribution is -2.24. The molecule has 0 aliphatic carbocycles. The van der Waals surface area contributed by atoms with E-state index in [4.69, 9.17) is 27.9 Å². The van der Waals surface area contributed by atoms with Crippen molar-refractivity contribution in [2.45, 2.75) is 13.8 Å². The van der Waals surface area contributed by atoms with E-state index in [1.165, 1.54) is 6.21 Å². The molecule has 2 rings (SSSR count). The first-order chi connectivity index (χ1) is 11.0. The van der Waals surface area contributed by atoms with Crippen LogP contribution in [0.25, 0.3) is 0 Å². The molecule has 4 nitrogen and oxygen atoms in total. The topological polar surface area (TPSA) is 50.7 Å². The fourth-order valence-corrected chi connectivity index (χ4v) is 2.37. The summed E-state index contributed by atoms with van der Waals surface area (Å²) in [6.07, 6.45) is 1.45. The predicted octanol–water partition coefficient (Wildman–Crippen LogP) is 4.14. The van der Waals surface area contributed by atoms with Gasteiger partial charge in [0, 0.05) is 10.6 Å². The Hall–Kier alpha value is -2.04. The van der Waals surface area contributed by atoms with E-state index in [0.29, 0.717) is 21.4 Å². The van der Waals surface area contributed by atoms with Gasteiger partial charge in [-0.05, 0) is 37.6 Å². The maximum Gasteiger partial charge on any atom is 0.277 e. The summed E-state index contributed by atoms with van der Waals surface area (Å²) < 4.78 is 5.47. The van der Waals surface area contributed by atoms with Crippen LogP contribution in [0.15, 0.2) is 41.5 Å². The van der Waals surface area contributed by atoms with Gasteiger partial charge in [-0.25, -0.2) is 5.43 Å². The maximum atomic E-state index is 11.7. The number of nitrogens with one attached hydrogen (secondary N) is 1. The monoisotopic (exact) mass is 350 g/mol. The number of benzene rings is 2. The lowest BCUT2D eigenvalue weighted by molar-refractivity contribution is -0.123. The van der Waals surface area contributed by atoms with Gasteiger partial charge in [0.1, 0.15) is 5.75 Å². The van der Waals surface area contributed by atoms with Crippen LogP contribution in [-0.4, -0.2) is 18.7 Å². The van der Waals surface area contributed by atoms with E-state index < -0.39 is 0 Å². The maximum absolute atomic E-state index is 11.7. The second-order valence-corrected chi connectivity index (χ2v) is 5.86. The predicted molar refractivity (Wildman–Crippen MR) is 93.6 cm³/mol. The minimum absolute atomic E-state index is 0.115. The van der Waals surface area contributed by atoms with E-state index in [1.807, 2.05) is 32.0 Å². The summed E-state index contributed by atoms with van der Waals surface area (Å²) in [6, 6.07) is 10.8. The molecule has 0 aliphatic heterocycles. The molecule has 2 aromatic rings. The molecule has 0 radical (unpaired) electrons. The Bertz CT molecular complexity index is 745. The molecule has 6 heteroatoms. The molecule has 0 unspecified atom stereocenters. The Morgan fingerprint density at radius 3 is 2.70 bits per heavy atom. The van der Waals surface area contributed by atoms with Crippen molar-refractivity contribution in [2.24, 2.45) is 5.10 Å². The molecule has 0 bridgehead atoms. The van der Waals surface area contributed by atoms with Gasteiger partial charge in [-0.2, -0.15) is 5.10 Å². The highest BCUT2D eigenvalue weighted by Crippen LogP contribution is 2.19. The quantitative estimate of drug-likeness (QED) is 0.650. The number of ether oxygens (including phenoxy) is 1. The third-order valence-corrected chi connectivity index (χ3v) is 3.61. The van der Waals surface area contributed by atoms with E-state index in [1.54, 1.807) is 18.2 Å². The van der Waals surface area contributed by atoms with E-state index in [2.05, 4.69) is 10.5 Å². The average Bonchev–Trinajstić information content (AvgIpc) is 2.48. The molecule has 2 aromatic carbocycles. The van der Waals surface area contributed by atoms with Gasteiger partial charge >= 0.3 is 0 Å². The largest absolute Gasteiger partial charge is 0.483 e. The van der Waals surface area contributed by atoms with E-state index in [-0.39, 0.29) is 12.5 Å². The van der Waals surface area contributed by atoms with Crippen molar-refractivity contribution >= 4 is 35.3 Å². The number of carbonyl (C=O) groups is 1. The zero-order chi connectivity index (χ0) is 16.8. The van der Waals surface area contributed by atoms with Crippen LogP contribution in [0.5, 0.6) is 5.75 Å². The average molecular weight is 351 g/mol. The van der Waals surface area contributed by atoms with Crippen molar-refractivity contribution in [1.82, 2.24) is 5.43 Å². The van der Waals surface area contributed by atoms with Crippen LogP contribution in [-0.2, 0) is 4.79 Å². The molecule has 0 saturated heterocycles. The standard InChI is InChI=1S/C17H16Cl2N2O2/c1-11-3-6-16(12(2)7-11)23-10-17(22)21-20-9-13-4-5-14(18)8-15(13)19/h3-9H,10H2,1-2H3,(H,21,22). The van der Waals surface area contributed by atoms with Crippen molar-refractivity contribution in [3.8, 4) is 5.75 Å². The summed E-state index contributed by atoms with van der Waals surface area (Å²) in [5.74, 6) is 0.321. The molecular weight excluding hydrogens is 335 g/mol. The summed E-state index contributed by atoms with van der Waals surface area (Å²) >= 11 is 11.8. The van der Waals surface area contributed by atoms with E-state index >= 15 is 0 Å². The van der Waals surface area contributed by atoms with Crippen molar-refractivity contribution in [2.75, 3.05) is 6.61 Å². The van der Waals surface area contributed by atoms with Crippen LogP contribution >= 0.6 is 23.2 Å². The minimum atomic E-state index is -0.355. The number of carbonyl (C=O) groups excluding carboxylic acids is 1. The first-order valence-corrected chi connectivity index (χ1v) is 7.68. The number of aryl methyl sites for hydroxylation is 2. The smallest absolute Gasteiger partial charge is 0.277 e. The summed E-state index contributed by atoms with van der Waals surface area (Å²) in [5, 5.41) is 4.85. The number of halogens is 2. The molecule has 0 heterocycles. The molecule has 1 amide bonds. The van der Waals surface area contributed by atoms with Crippen LogP contribution < -0.4 is 10.2 Å².